The first kappa shape index (κ1) is 26.5. The summed E-state index contributed by atoms with van der Waals surface area (Å²) in [7, 11) is 3.21. The lowest BCUT2D eigenvalue weighted by molar-refractivity contribution is 0.0710. The van der Waals surface area contributed by atoms with Crippen LogP contribution in [0.1, 0.15) is 56.4 Å². The van der Waals surface area contributed by atoms with Gasteiger partial charge in [0.2, 0.25) is 0 Å². The van der Waals surface area contributed by atoms with Crippen molar-refractivity contribution in [2.45, 2.75) is 32.1 Å². The van der Waals surface area contributed by atoms with Gasteiger partial charge in [0.25, 0.3) is 11.8 Å². The van der Waals surface area contributed by atoms with E-state index in [0.717, 1.165) is 29.8 Å². The molecular formula is C29H32ClN3O4. The summed E-state index contributed by atoms with van der Waals surface area (Å²) in [5, 5.41) is 3.59. The Balaban J connectivity index is 1.39. The summed E-state index contributed by atoms with van der Waals surface area (Å²) in [5.41, 5.74) is 3.90. The Morgan fingerprint density at radius 2 is 1.78 bits per heavy atom. The highest BCUT2D eigenvalue weighted by Crippen LogP contribution is 2.31. The van der Waals surface area contributed by atoms with Crippen LogP contribution < -0.4 is 14.8 Å². The van der Waals surface area contributed by atoms with Gasteiger partial charge in [0.15, 0.2) is 11.5 Å². The van der Waals surface area contributed by atoms with Gasteiger partial charge in [-0.2, -0.15) is 0 Å². The molecule has 1 aromatic heterocycles. The van der Waals surface area contributed by atoms with Crippen molar-refractivity contribution in [2.75, 3.05) is 33.9 Å². The number of likely N-dealkylation sites (tertiary alicyclic amines) is 1. The number of methoxy groups -OCH3 is 2. The zero-order chi connectivity index (χ0) is 26.4. The fourth-order valence-electron chi connectivity index (χ4n) is 4.69. The summed E-state index contributed by atoms with van der Waals surface area (Å²) in [6, 6.07) is 16.5. The van der Waals surface area contributed by atoms with Crippen LogP contribution in [-0.4, -0.2) is 55.6 Å². The minimum absolute atomic E-state index is 0.0220. The molecule has 8 heteroatoms. The van der Waals surface area contributed by atoms with Crippen molar-refractivity contribution in [3.05, 3.63) is 87.7 Å². The quantitative estimate of drug-likeness (QED) is 0.448. The van der Waals surface area contributed by atoms with Crippen molar-refractivity contribution in [1.82, 2.24) is 15.2 Å². The number of hydrogen-bond acceptors (Lipinski definition) is 5. The first-order valence-corrected chi connectivity index (χ1v) is 12.8. The normalized spacial score (nSPS) is 13.8. The van der Waals surface area contributed by atoms with E-state index < -0.39 is 0 Å². The summed E-state index contributed by atoms with van der Waals surface area (Å²) in [6.45, 7) is 3.62. The molecule has 1 N–H and O–H groups in total. The van der Waals surface area contributed by atoms with Crippen molar-refractivity contribution in [3.8, 4) is 11.5 Å². The molecule has 37 heavy (non-hydrogen) atoms. The second kappa shape index (κ2) is 12.1. The summed E-state index contributed by atoms with van der Waals surface area (Å²) < 4.78 is 10.7. The number of rotatable bonds is 8. The number of halogens is 1. The zero-order valence-electron chi connectivity index (χ0n) is 21.4. The number of amides is 2. The minimum atomic E-state index is -0.139. The Labute approximate surface area is 222 Å². The van der Waals surface area contributed by atoms with Crippen LogP contribution in [0.15, 0.2) is 54.6 Å². The lowest BCUT2D eigenvalue weighted by Crippen LogP contribution is -2.38. The van der Waals surface area contributed by atoms with E-state index in [1.807, 2.05) is 42.2 Å². The summed E-state index contributed by atoms with van der Waals surface area (Å²) in [5.74, 6) is 1.28. The van der Waals surface area contributed by atoms with Gasteiger partial charge in [-0.1, -0.05) is 23.7 Å². The molecule has 0 unspecified atom stereocenters. The highest BCUT2D eigenvalue weighted by Gasteiger charge is 2.28. The molecule has 0 atom stereocenters. The van der Waals surface area contributed by atoms with Crippen LogP contribution in [0.5, 0.6) is 11.5 Å². The van der Waals surface area contributed by atoms with Crippen LogP contribution in [0.25, 0.3) is 0 Å². The lowest BCUT2D eigenvalue weighted by Gasteiger charge is -2.32. The van der Waals surface area contributed by atoms with E-state index in [0.29, 0.717) is 53.7 Å². The van der Waals surface area contributed by atoms with E-state index in [1.165, 1.54) is 0 Å². The summed E-state index contributed by atoms with van der Waals surface area (Å²) >= 11 is 6.06. The summed E-state index contributed by atoms with van der Waals surface area (Å²) in [4.78, 5) is 32.7. The molecule has 0 radical (unpaired) electrons. The van der Waals surface area contributed by atoms with Crippen molar-refractivity contribution in [2.24, 2.45) is 0 Å². The van der Waals surface area contributed by atoms with Gasteiger partial charge in [0.05, 0.1) is 25.5 Å². The molecule has 0 saturated carbocycles. The van der Waals surface area contributed by atoms with Gasteiger partial charge < -0.3 is 19.7 Å². The second-order valence-electron chi connectivity index (χ2n) is 9.16. The molecule has 2 amide bonds. The maximum Gasteiger partial charge on any atom is 0.253 e. The van der Waals surface area contributed by atoms with E-state index in [2.05, 4.69) is 5.32 Å². The van der Waals surface area contributed by atoms with Gasteiger partial charge in [0.1, 0.15) is 0 Å². The SMILES string of the molecule is COc1ccc(CCNC(=O)c2ccc(C)nc2C2CCN(C(=O)c3cccc(Cl)c3)CC2)cc1OC. The zero-order valence-corrected chi connectivity index (χ0v) is 22.2. The third-order valence-corrected chi connectivity index (χ3v) is 6.93. The molecule has 3 aromatic rings. The van der Waals surface area contributed by atoms with Gasteiger partial charge in [0, 0.05) is 41.8 Å². The van der Waals surface area contributed by atoms with Crippen LogP contribution in [0.3, 0.4) is 0 Å². The molecule has 2 aromatic carbocycles. The largest absolute Gasteiger partial charge is 0.493 e. The van der Waals surface area contributed by atoms with Crippen molar-refractivity contribution in [3.63, 3.8) is 0 Å². The van der Waals surface area contributed by atoms with Gasteiger partial charge in [-0.15, -0.1) is 0 Å². The van der Waals surface area contributed by atoms with E-state index in [1.54, 1.807) is 38.5 Å². The second-order valence-corrected chi connectivity index (χ2v) is 9.59. The Morgan fingerprint density at radius 3 is 2.49 bits per heavy atom. The number of pyridine rings is 1. The molecule has 2 heterocycles. The standard InChI is InChI=1S/C29H32ClN3O4/c1-19-7-9-24(28(34)31-14-11-20-8-10-25(36-2)26(17-20)37-3)27(32-19)21-12-15-33(16-13-21)29(35)22-5-4-6-23(30)18-22/h4-10,17-18,21H,11-16H2,1-3H3,(H,31,34). The molecule has 4 rings (SSSR count). The Morgan fingerprint density at radius 1 is 1.03 bits per heavy atom. The third kappa shape index (κ3) is 6.41. The van der Waals surface area contributed by atoms with E-state index >= 15 is 0 Å². The Kier molecular flexibility index (Phi) is 8.66. The number of ether oxygens (including phenoxy) is 2. The molecule has 1 fully saturated rings. The van der Waals surface area contributed by atoms with Crippen molar-refractivity contribution < 1.29 is 19.1 Å². The Hall–Kier alpha value is -3.58. The van der Waals surface area contributed by atoms with Crippen molar-refractivity contribution >= 4 is 23.4 Å². The average Bonchev–Trinajstić information content (AvgIpc) is 2.92. The Bertz CT molecular complexity index is 1270. The number of piperidine rings is 1. The van der Waals surface area contributed by atoms with E-state index in [9.17, 15) is 9.59 Å². The number of nitrogens with one attached hydrogen (secondary N) is 1. The van der Waals surface area contributed by atoms with Gasteiger partial charge in [-0.25, -0.2) is 0 Å². The minimum Gasteiger partial charge on any atom is -0.493 e. The first-order valence-electron chi connectivity index (χ1n) is 12.4. The average molecular weight is 522 g/mol. The molecule has 194 valence electrons. The predicted octanol–water partition coefficient (Wildman–Crippen LogP) is 5.05. The molecule has 0 aliphatic carbocycles. The van der Waals surface area contributed by atoms with Crippen LogP contribution in [0.2, 0.25) is 5.02 Å². The summed E-state index contributed by atoms with van der Waals surface area (Å²) in [6.07, 6.45) is 2.15. The number of benzene rings is 2. The third-order valence-electron chi connectivity index (χ3n) is 6.70. The maximum absolute atomic E-state index is 13.1. The number of nitrogens with zero attached hydrogens (tertiary/aromatic N) is 2. The predicted molar refractivity (Wildman–Crippen MR) is 144 cm³/mol. The fourth-order valence-corrected chi connectivity index (χ4v) is 4.88. The first-order chi connectivity index (χ1) is 17.9. The molecule has 1 aliphatic heterocycles. The van der Waals surface area contributed by atoms with Crippen LogP contribution in [0.4, 0.5) is 0 Å². The topological polar surface area (TPSA) is 80.8 Å². The fraction of sp³-hybridized carbons (Fsp3) is 0.345. The van der Waals surface area contributed by atoms with Crippen LogP contribution >= 0.6 is 11.6 Å². The number of hydrogen-bond donors (Lipinski definition) is 1. The number of carbonyl (C=O) groups excluding carboxylic acids is 2. The molecule has 7 nitrogen and oxygen atoms in total. The van der Waals surface area contributed by atoms with E-state index in [4.69, 9.17) is 26.1 Å². The molecule has 1 saturated heterocycles. The molecular weight excluding hydrogens is 490 g/mol. The van der Waals surface area contributed by atoms with Gasteiger partial charge in [-0.3, -0.25) is 14.6 Å². The monoisotopic (exact) mass is 521 g/mol. The number of aromatic nitrogens is 1. The number of aryl methyl sites for hydroxylation is 1. The lowest BCUT2D eigenvalue weighted by atomic mass is 9.89. The van der Waals surface area contributed by atoms with Gasteiger partial charge in [-0.05, 0) is 74.2 Å². The molecule has 0 spiro atoms. The number of carbonyl (C=O) groups is 2. The molecule has 1 aliphatic rings. The highest BCUT2D eigenvalue weighted by atomic mass is 35.5. The van der Waals surface area contributed by atoms with Crippen LogP contribution in [-0.2, 0) is 6.42 Å². The molecule has 0 bridgehead atoms. The van der Waals surface area contributed by atoms with E-state index in [-0.39, 0.29) is 17.7 Å². The maximum atomic E-state index is 13.1. The van der Waals surface area contributed by atoms with Gasteiger partial charge >= 0.3 is 0 Å². The highest BCUT2D eigenvalue weighted by molar-refractivity contribution is 6.30. The van der Waals surface area contributed by atoms with Crippen molar-refractivity contribution in [1.29, 1.82) is 0 Å². The smallest absolute Gasteiger partial charge is 0.253 e. The van der Waals surface area contributed by atoms with Crippen LogP contribution in [0, 0.1) is 6.92 Å².